The molecular weight excluding hydrogens is 534 g/mol. The largest absolute Gasteiger partial charge is 0.480 e. The Bertz CT molecular complexity index is 1520. The molecule has 1 fully saturated rings. The number of aliphatic hydroxyl groups is 2. The number of carbonyl (C=O) groups is 3. The predicted molar refractivity (Wildman–Crippen MR) is 148 cm³/mol. The molecular formula is C28H31N5O8. The zero-order valence-electron chi connectivity index (χ0n) is 22.0. The summed E-state index contributed by atoms with van der Waals surface area (Å²) in [6.45, 7) is 3.22. The van der Waals surface area contributed by atoms with Crippen LogP contribution in [0.4, 0.5) is 5.82 Å². The molecule has 41 heavy (non-hydrogen) atoms. The Labute approximate surface area is 234 Å². The predicted octanol–water partition coefficient (Wildman–Crippen LogP) is 0.0614. The fourth-order valence-corrected chi connectivity index (χ4v) is 4.49. The standard InChI is InChI=1S/C28H31N5O8/c1-15-24(36)21(14-34)41-26(15)33-11-10-22(32-28(33)40)31-23(35)9-8-20(27(38)39)30-25(37)19(29)13-16-6-7-17-4-2-3-5-18(17)12-16/h2-7,10-12,19-21,24,26,34,36H,1,8-9,13-14,29H2,(H,30,37)(H,38,39)(H,31,32,35,40)/t19-,20+,21+,24-,26+/m0/s1. The molecule has 13 nitrogen and oxygen atoms in total. The van der Waals surface area contributed by atoms with Crippen molar-refractivity contribution in [2.45, 2.75) is 49.8 Å². The third-order valence-corrected chi connectivity index (χ3v) is 6.76. The molecule has 13 heteroatoms. The number of anilines is 1. The van der Waals surface area contributed by atoms with E-state index in [4.69, 9.17) is 10.5 Å². The number of hydrogen-bond donors (Lipinski definition) is 6. The van der Waals surface area contributed by atoms with Gasteiger partial charge in [-0.05, 0) is 35.2 Å². The molecule has 1 aromatic heterocycles. The van der Waals surface area contributed by atoms with Gasteiger partial charge in [-0.1, -0.05) is 49.0 Å². The number of ether oxygens (including phenoxy) is 1. The van der Waals surface area contributed by atoms with Crippen molar-refractivity contribution >= 4 is 34.4 Å². The summed E-state index contributed by atoms with van der Waals surface area (Å²) in [5, 5.41) is 35.7. The van der Waals surface area contributed by atoms with E-state index in [1.807, 2.05) is 42.5 Å². The summed E-state index contributed by atoms with van der Waals surface area (Å²) in [7, 11) is 0. The minimum atomic E-state index is -1.37. The van der Waals surface area contributed by atoms with Gasteiger partial charge in [0.1, 0.15) is 24.1 Å². The van der Waals surface area contributed by atoms with Crippen molar-refractivity contribution in [1.29, 1.82) is 0 Å². The van der Waals surface area contributed by atoms with Gasteiger partial charge in [0.05, 0.1) is 12.6 Å². The highest BCUT2D eigenvalue weighted by molar-refractivity contribution is 5.91. The van der Waals surface area contributed by atoms with Gasteiger partial charge in [-0.3, -0.25) is 14.2 Å². The van der Waals surface area contributed by atoms with Crippen molar-refractivity contribution in [2.75, 3.05) is 11.9 Å². The molecule has 2 heterocycles. The molecule has 4 rings (SSSR count). The van der Waals surface area contributed by atoms with Gasteiger partial charge in [-0.2, -0.15) is 4.98 Å². The quantitative estimate of drug-likeness (QED) is 0.172. The van der Waals surface area contributed by atoms with E-state index in [1.54, 1.807) is 0 Å². The van der Waals surface area contributed by atoms with Crippen LogP contribution in [-0.4, -0.2) is 73.6 Å². The minimum absolute atomic E-state index is 0.0903. The van der Waals surface area contributed by atoms with Gasteiger partial charge in [0.15, 0.2) is 6.23 Å². The molecule has 5 atom stereocenters. The highest BCUT2D eigenvalue weighted by Gasteiger charge is 2.38. The van der Waals surface area contributed by atoms with Gasteiger partial charge in [-0.25, -0.2) is 9.59 Å². The van der Waals surface area contributed by atoms with E-state index in [0.717, 1.165) is 20.9 Å². The maximum Gasteiger partial charge on any atom is 0.351 e. The first-order chi connectivity index (χ1) is 19.6. The number of aliphatic carboxylic acids is 1. The number of amides is 2. The van der Waals surface area contributed by atoms with Gasteiger partial charge < -0.3 is 36.4 Å². The molecule has 0 bridgehead atoms. The second-order valence-electron chi connectivity index (χ2n) is 9.71. The number of aliphatic hydroxyl groups excluding tert-OH is 2. The number of benzene rings is 2. The number of carbonyl (C=O) groups excluding carboxylic acids is 2. The van der Waals surface area contributed by atoms with E-state index in [9.17, 15) is 34.5 Å². The van der Waals surface area contributed by atoms with Crippen molar-refractivity contribution < 1.29 is 34.4 Å². The van der Waals surface area contributed by atoms with E-state index in [1.165, 1.54) is 12.3 Å². The normalized spacial score (nSPS) is 20.0. The van der Waals surface area contributed by atoms with E-state index in [0.29, 0.717) is 0 Å². The smallest absolute Gasteiger partial charge is 0.351 e. The number of hydrogen-bond acceptors (Lipinski definition) is 9. The van der Waals surface area contributed by atoms with Crippen LogP contribution >= 0.6 is 0 Å². The average molecular weight is 566 g/mol. The van der Waals surface area contributed by atoms with Crippen molar-refractivity contribution in [3.05, 3.63) is 82.9 Å². The van der Waals surface area contributed by atoms with Crippen LogP contribution in [0.2, 0.25) is 0 Å². The zero-order chi connectivity index (χ0) is 29.7. The number of rotatable bonds is 11. The van der Waals surface area contributed by atoms with Gasteiger partial charge >= 0.3 is 11.7 Å². The number of nitrogens with two attached hydrogens (primary N) is 1. The Morgan fingerprint density at radius 2 is 1.88 bits per heavy atom. The maximum absolute atomic E-state index is 12.6. The third-order valence-electron chi connectivity index (χ3n) is 6.76. The third kappa shape index (κ3) is 7.02. The van der Waals surface area contributed by atoms with Gasteiger partial charge in [0.2, 0.25) is 11.8 Å². The number of carboxylic acids is 1. The lowest BCUT2D eigenvalue weighted by Crippen LogP contribution is -2.49. The van der Waals surface area contributed by atoms with Gasteiger partial charge in [0.25, 0.3) is 0 Å². The number of fused-ring (bicyclic) bond motifs is 1. The van der Waals surface area contributed by atoms with E-state index < -0.39 is 60.6 Å². The number of carboxylic acid groups (broad SMARTS) is 1. The Balaban J connectivity index is 1.30. The minimum Gasteiger partial charge on any atom is -0.480 e. The molecule has 1 aliphatic heterocycles. The molecule has 216 valence electrons. The average Bonchev–Trinajstić information content (AvgIpc) is 3.23. The van der Waals surface area contributed by atoms with Gasteiger partial charge in [0, 0.05) is 18.2 Å². The van der Waals surface area contributed by atoms with Crippen LogP contribution in [0.5, 0.6) is 0 Å². The van der Waals surface area contributed by atoms with Crippen molar-refractivity contribution in [1.82, 2.24) is 14.9 Å². The fourth-order valence-electron chi connectivity index (χ4n) is 4.49. The van der Waals surface area contributed by atoms with Crippen LogP contribution in [0.3, 0.4) is 0 Å². The molecule has 2 aromatic carbocycles. The fraction of sp³-hybridized carbons (Fsp3) is 0.321. The number of aromatic nitrogens is 2. The highest BCUT2D eigenvalue weighted by Crippen LogP contribution is 2.31. The topological polar surface area (TPSA) is 206 Å². The maximum atomic E-state index is 12.6. The first-order valence-electron chi connectivity index (χ1n) is 12.9. The van der Waals surface area contributed by atoms with E-state index in [2.05, 4.69) is 22.2 Å². The Morgan fingerprint density at radius 1 is 1.15 bits per heavy atom. The summed E-state index contributed by atoms with van der Waals surface area (Å²) < 4.78 is 6.50. The summed E-state index contributed by atoms with van der Waals surface area (Å²) in [5.41, 5.74) is 6.22. The van der Waals surface area contributed by atoms with Crippen molar-refractivity contribution in [3.63, 3.8) is 0 Å². The molecule has 3 aromatic rings. The first kappa shape index (κ1) is 29.6. The summed E-state index contributed by atoms with van der Waals surface area (Å²) in [6, 6.07) is 12.4. The van der Waals surface area contributed by atoms with Crippen molar-refractivity contribution in [2.24, 2.45) is 5.73 Å². The van der Waals surface area contributed by atoms with Gasteiger partial charge in [-0.15, -0.1) is 0 Å². The lowest BCUT2D eigenvalue weighted by molar-refractivity contribution is -0.142. The van der Waals surface area contributed by atoms with Crippen LogP contribution in [-0.2, 0) is 25.5 Å². The zero-order valence-corrected chi connectivity index (χ0v) is 22.0. The van der Waals surface area contributed by atoms with Crippen LogP contribution < -0.4 is 22.1 Å². The summed E-state index contributed by atoms with van der Waals surface area (Å²) >= 11 is 0. The molecule has 0 saturated carbocycles. The SMILES string of the molecule is C=C1[C@H](n2ccc(NC(=O)CC[C@@H](NC(=O)[C@@H](N)Cc3ccc4ccccc4c3)C(=O)O)nc2=O)O[C@H](CO)[C@H]1O. The molecule has 2 amide bonds. The monoisotopic (exact) mass is 565 g/mol. The van der Waals surface area contributed by atoms with Crippen LogP contribution in [0.25, 0.3) is 10.8 Å². The second-order valence-corrected chi connectivity index (χ2v) is 9.71. The molecule has 1 aliphatic rings. The molecule has 7 N–H and O–H groups in total. The van der Waals surface area contributed by atoms with E-state index >= 15 is 0 Å². The summed E-state index contributed by atoms with van der Waals surface area (Å²) in [5.74, 6) is -2.72. The van der Waals surface area contributed by atoms with Crippen molar-refractivity contribution in [3.8, 4) is 0 Å². The van der Waals surface area contributed by atoms with Crippen LogP contribution in [0, 0.1) is 0 Å². The van der Waals surface area contributed by atoms with Crippen LogP contribution in [0.1, 0.15) is 24.6 Å². The molecule has 1 saturated heterocycles. The second kappa shape index (κ2) is 12.8. The molecule has 0 aliphatic carbocycles. The highest BCUT2D eigenvalue weighted by atomic mass is 16.5. The Morgan fingerprint density at radius 3 is 2.54 bits per heavy atom. The number of nitrogens with zero attached hydrogens (tertiary/aromatic N) is 2. The molecule has 0 spiro atoms. The first-order valence-corrected chi connectivity index (χ1v) is 12.9. The lowest BCUT2D eigenvalue weighted by atomic mass is 10.0. The van der Waals surface area contributed by atoms with Crippen LogP contribution in [0.15, 0.2) is 71.7 Å². The van der Waals surface area contributed by atoms with E-state index in [-0.39, 0.29) is 30.7 Å². The Kier molecular flexibility index (Phi) is 9.24. The number of nitrogens with one attached hydrogen (secondary N) is 2. The summed E-state index contributed by atoms with van der Waals surface area (Å²) in [6.07, 6.45) is -2.19. The summed E-state index contributed by atoms with van der Waals surface area (Å²) in [4.78, 5) is 53.1. The molecule has 0 radical (unpaired) electrons. The lowest BCUT2D eigenvalue weighted by Gasteiger charge is -2.18. The molecule has 0 unspecified atom stereocenters. The Hall–Kier alpha value is -4.43.